The van der Waals surface area contributed by atoms with E-state index in [4.69, 9.17) is 11.6 Å². The molecule has 3 nitrogen and oxygen atoms in total. The van der Waals surface area contributed by atoms with Crippen molar-refractivity contribution in [3.05, 3.63) is 59.1 Å². The Morgan fingerprint density at radius 2 is 1.68 bits per heavy atom. The molecule has 112 valence electrons. The number of halogens is 4. The third-order valence-electron chi connectivity index (χ3n) is 3.03. The molecule has 0 aliphatic rings. The molecule has 0 saturated carbocycles. The van der Waals surface area contributed by atoms with Crippen LogP contribution in [0.2, 0.25) is 5.02 Å². The smallest absolute Gasteiger partial charge is 0.259 e. The van der Waals surface area contributed by atoms with Crippen molar-refractivity contribution in [2.45, 2.75) is 6.18 Å². The van der Waals surface area contributed by atoms with Gasteiger partial charge in [0.15, 0.2) is 11.6 Å². The predicted molar refractivity (Wildman–Crippen MR) is 77.3 cm³/mol. The van der Waals surface area contributed by atoms with Gasteiger partial charge >= 0.3 is 6.18 Å². The van der Waals surface area contributed by atoms with Gasteiger partial charge in [-0.2, -0.15) is 18.3 Å². The molecule has 1 heterocycles. The van der Waals surface area contributed by atoms with Gasteiger partial charge in [-0.1, -0.05) is 35.9 Å². The number of H-pyrrole nitrogens is 1. The lowest BCUT2D eigenvalue weighted by Gasteiger charge is -2.07. The number of nitrogens with one attached hydrogen (secondary N) is 1. The van der Waals surface area contributed by atoms with Crippen LogP contribution in [0.1, 0.15) is 5.56 Å². The van der Waals surface area contributed by atoms with Gasteiger partial charge in [0.1, 0.15) is 0 Å². The summed E-state index contributed by atoms with van der Waals surface area (Å²) in [4.78, 5) is 4.22. The van der Waals surface area contributed by atoms with Crippen LogP contribution in [-0.2, 0) is 6.18 Å². The van der Waals surface area contributed by atoms with Gasteiger partial charge in [-0.05, 0) is 24.3 Å². The molecule has 1 N–H and O–H groups in total. The minimum absolute atomic E-state index is 0.265. The molecule has 3 aromatic rings. The molecule has 7 heteroatoms. The van der Waals surface area contributed by atoms with Gasteiger partial charge in [0.2, 0.25) is 0 Å². The Balaban J connectivity index is 1.98. The first-order valence-corrected chi connectivity index (χ1v) is 6.67. The Labute approximate surface area is 128 Å². The van der Waals surface area contributed by atoms with Gasteiger partial charge in [0, 0.05) is 16.1 Å². The maximum absolute atomic E-state index is 12.7. The quantitative estimate of drug-likeness (QED) is 0.735. The Bertz CT molecular complexity index is 812. The SMILES string of the molecule is FC(F)(F)c1cccc(-c2nc(-c3cccc(Cl)c3)n[nH]2)c1. The van der Waals surface area contributed by atoms with Crippen LogP contribution < -0.4 is 0 Å². The topological polar surface area (TPSA) is 41.6 Å². The van der Waals surface area contributed by atoms with E-state index in [1.807, 2.05) is 0 Å². The lowest BCUT2D eigenvalue weighted by atomic mass is 10.1. The zero-order chi connectivity index (χ0) is 15.7. The number of aromatic amines is 1. The molecule has 0 radical (unpaired) electrons. The molecule has 0 spiro atoms. The number of aromatic nitrogens is 3. The number of hydrogen-bond donors (Lipinski definition) is 1. The summed E-state index contributed by atoms with van der Waals surface area (Å²) in [6.45, 7) is 0. The molecule has 0 saturated heterocycles. The monoisotopic (exact) mass is 323 g/mol. The molecule has 0 unspecified atom stereocenters. The number of hydrogen-bond acceptors (Lipinski definition) is 2. The fourth-order valence-electron chi connectivity index (χ4n) is 1.99. The summed E-state index contributed by atoms with van der Waals surface area (Å²) < 4.78 is 38.2. The van der Waals surface area contributed by atoms with Gasteiger partial charge in [-0.15, -0.1) is 0 Å². The molecule has 0 atom stereocenters. The van der Waals surface area contributed by atoms with E-state index in [0.29, 0.717) is 22.0 Å². The van der Waals surface area contributed by atoms with Crippen molar-refractivity contribution in [3.8, 4) is 22.8 Å². The molecule has 0 aliphatic heterocycles. The van der Waals surface area contributed by atoms with Crippen LogP contribution >= 0.6 is 11.6 Å². The molecule has 1 aromatic heterocycles. The van der Waals surface area contributed by atoms with E-state index in [1.54, 1.807) is 24.3 Å². The average molecular weight is 324 g/mol. The van der Waals surface area contributed by atoms with E-state index in [9.17, 15) is 13.2 Å². The van der Waals surface area contributed by atoms with Crippen molar-refractivity contribution in [2.24, 2.45) is 0 Å². The lowest BCUT2D eigenvalue weighted by molar-refractivity contribution is -0.137. The van der Waals surface area contributed by atoms with E-state index in [-0.39, 0.29) is 5.82 Å². The summed E-state index contributed by atoms with van der Waals surface area (Å²) in [5, 5.41) is 7.20. The van der Waals surface area contributed by atoms with Gasteiger partial charge in [0.05, 0.1) is 5.56 Å². The predicted octanol–water partition coefficient (Wildman–Crippen LogP) is 4.81. The minimum Gasteiger partial charge on any atom is -0.259 e. The van der Waals surface area contributed by atoms with Crippen molar-refractivity contribution in [1.82, 2.24) is 15.2 Å². The average Bonchev–Trinajstić information content (AvgIpc) is 2.96. The third-order valence-corrected chi connectivity index (χ3v) is 3.27. The molecule has 0 bridgehead atoms. The highest BCUT2D eigenvalue weighted by Gasteiger charge is 2.30. The van der Waals surface area contributed by atoms with Gasteiger partial charge in [0.25, 0.3) is 0 Å². The Morgan fingerprint density at radius 3 is 2.41 bits per heavy atom. The molecule has 0 aliphatic carbocycles. The largest absolute Gasteiger partial charge is 0.416 e. The van der Waals surface area contributed by atoms with Crippen molar-refractivity contribution < 1.29 is 13.2 Å². The molecular weight excluding hydrogens is 315 g/mol. The highest BCUT2D eigenvalue weighted by atomic mass is 35.5. The molecule has 22 heavy (non-hydrogen) atoms. The van der Waals surface area contributed by atoms with E-state index in [2.05, 4.69) is 15.2 Å². The molecule has 3 rings (SSSR count). The van der Waals surface area contributed by atoms with E-state index < -0.39 is 11.7 Å². The number of alkyl halides is 3. The maximum atomic E-state index is 12.7. The van der Waals surface area contributed by atoms with E-state index in [1.165, 1.54) is 12.1 Å². The Kier molecular flexibility index (Phi) is 3.62. The summed E-state index contributed by atoms with van der Waals surface area (Å²) in [6, 6.07) is 11.8. The van der Waals surface area contributed by atoms with Crippen LogP contribution in [0.25, 0.3) is 22.8 Å². The fraction of sp³-hybridized carbons (Fsp3) is 0.0667. The highest BCUT2D eigenvalue weighted by molar-refractivity contribution is 6.30. The minimum atomic E-state index is -4.40. The number of nitrogens with zero attached hydrogens (tertiary/aromatic N) is 2. The van der Waals surface area contributed by atoms with Crippen molar-refractivity contribution in [3.63, 3.8) is 0 Å². The highest BCUT2D eigenvalue weighted by Crippen LogP contribution is 2.31. The lowest BCUT2D eigenvalue weighted by Crippen LogP contribution is -2.04. The molecule has 2 aromatic carbocycles. The second kappa shape index (κ2) is 5.46. The summed E-state index contributed by atoms with van der Waals surface area (Å²) in [6.07, 6.45) is -4.40. The van der Waals surface area contributed by atoms with E-state index in [0.717, 1.165) is 12.1 Å². The van der Waals surface area contributed by atoms with Crippen LogP contribution in [0.3, 0.4) is 0 Å². The molecular formula is C15H9ClF3N3. The number of rotatable bonds is 2. The van der Waals surface area contributed by atoms with Crippen LogP contribution in [0.4, 0.5) is 13.2 Å². The Hall–Kier alpha value is -2.34. The summed E-state index contributed by atoms with van der Waals surface area (Å²) in [5.74, 6) is 0.635. The first-order valence-electron chi connectivity index (χ1n) is 6.29. The van der Waals surface area contributed by atoms with Crippen molar-refractivity contribution >= 4 is 11.6 Å². The van der Waals surface area contributed by atoms with Gasteiger partial charge in [-0.25, -0.2) is 4.98 Å². The summed E-state index contributed by atoms with van der Waals surface area (Å²) >= 11 is 5.90. The van der Waals surface area contributed by atoms with Gasteiger partial charge < -0.3 is 0 Å². The normalized spacial score (nSPS) is 11.6. The summed E-state index contributed by atoms with van der Waals surface area (Å²) in [7, 11) is 0. The second-order valence-electron chi connectivity index (χ2n) is 4.60. The first kappa shape index (κ1) is 14.6. The number of benzene rings is 2. The Morgan fingerprint density at radius 1 is 0.955 bits per heavy atom. The molecule has 0 amide bonds. The van der Waals surface area contributed by atoms with E-state index >= 15 is 0 Å². The van der Waals surface area contributed by atoms with Crippen LogP contribution in [0.5, 0.6) is 0 Å². The zero-order valence-corrected chi connectivity index (χ0v) is 11.8. The molecule has 0 fully saturated rings. The van der Waals surface area contributed by atoms with Crippen molar-refractivity contribution in [2.75, 3.05) is 0 Å². The second-order valence-corrected chi connectivity index (χ2v) is 5.03. The maximum Gasteiger partial charge on any atom is 0.416 e. The zero-order valence-electron chi connectivity index (χ0n) is 11.0. The van der Waals surface area contributed by atoms with Gasteiger partial charge in [-0.3, -0.25) is 5.10 Å². The van der Waals surface area contributed by atoms with Crippen LogP contribution in [0.15, 0.2) is 48.5 Å². The van der Waals surface area contributed by atoms with Crippen molar-refractivity contribution in [1.29, 1.82) is 0 Å². The first-order chi connectivity index (χ1) is 10.4. The fourth-order valence-corrected chi connectivity index (χ4v) is 2.18. The standard InChI is InChI=1S/C15H9ClF3N3/c16-12-6-2-4-10(8-12)14-20-13(21-22-14)9-3-1-5-11(7-9)15(17,18)19/h1-8H,(H,20,21,22). The summed E-state index contributed by atoms with van der Waals surface area (Å²) in [5.41, 5.74) is 0.267. The third kappa shape index (κ3) is 2.96. The van der Waals surface area contributed by atoms with Crippen LogP contribution in [-0.4, -0.2) is 15.2 Å². The van der Waals surface area contributed by atoms with Crippen LogP contribution in [0, 0.1) is 0 Å².